The number of methoxy groups -OCH3 is 1. The second-order valence-corrected chi connectivity index (χ2v) is 5.72. The molecule has 0 fully saturated rings. The predicted molar refractivity (Wildman–Crippen MR) is 78.9 cm³/mol. The lowest BCUT2D eigenvalue weighted by atomic mass is 10.2. The Hall–Kier alpha value is -0.710. The zero-order valence-electron chi connectivity index (χ0n) is 9.78. The van der Waals surface area contributed by atoms with E-state index >= 15 is 0 Å². The fourth-order valence-electron chi connectivity index (χ4n) is 1.49. The topological polar surface area (TPSA) is 18.5 Å². The summed E-state index contributed by atoms with van der Waals surface area (Å²) < 4.78 is 12.1. The summed E-state index contributed by atoms with van der Waals surface area (Å²) in [6.07, 6.45) is 0. The van der Waals surface area contributed by atoms with Crippen molar-refractivity contribution >= 4 is 38.9 Å². The highest BCUT2D eigenvalue weighted by Crippen LogP contribution is 2.31. The molecule has 5 heteroatoms. The first kappa shape index (κ1) is 13.7. The highest BCUT2D eigenvalue weighted by Gasteiger charge is 2.07. The van der Waals surface area contributed by atoms with Crippen LogP contribution in [-0.2, 0) is 12.5 Å². The summed E-state index contributed by atoms with van der Waals surface area (Å²) in [6, 6.07) is 7.73. The van der Waals surface area contributed by atoms with Crippen molar-refractivity contribution < 1.29 is 9.47 Å². The van der Waals surface area contributed by atoms with Crippen molar-refractivity contribution in [3.63, 3.8) is 0 Å². The molecule has 0 amide bonds. The first-order valence-electron chi connectivity index (χ1n) is 5.32. The Labute approximate surface area is 124 Å². The summed E-state index contributed by atoms with van der Waals surface area (Å²) in [4.78, 5) is 1.15. The number of thiophene rings is 1. The predicted octanol–water partition coefficient (Wildman–Crippen LogP) is 4.84. The lowest BCUT2D eigenvalue weighted by Gasteiger charge is -2.11. The van der Waals surface area contributed by atoms with Gasteiger partial charge in [-0.25, -0.2) is 0 Å². The summed E-state index contributed by atoms with van der Waals surface area (Å²) in [7, 11) is 1.63. The van der Waals surface area contributed by atoms with E-state index in [1.54, 1.807) is 18.4 Å². The molecule has 2 nitrogen and oxygen atoms in total. The Morgan fingerprint density at radius 3 is 2.72 bits per heavy atom. The lowest BCUT2D eigenvalue weighted by Crippen LogP contribution is -1.97. The Balaban J connectivity index is 2.11. The molecule has 0 aliphatic rings. The van der Waals surface area contributed by atoms with E-state index in [1.165, 1.54) is 0 Å². The van der Waals surface area contributed by atoms with Crippen LogP contribution in [0.4, 0.5) is 0 Å². The van der Waals surface area contributed by atoms with Crippen LogP contribution in [0.1, 0.15) is 10.4 Å². The summed E-state index contributed by atoms with van der Waals surface area (Å²) in [5, 5.41) is 2.02. The van der Waals surface area contributed by atoms with Gasteiger partial charge >= 0.3 is 0 Å². The smallest absolute Gasteiger partial charge is 0.161 e. The minimum absolute atomic E-state index is 0.465. The van der Waals surface area contributed by atoms with Gasteiger partial charge in [0.2, 0.25) is 0 Å². The first-order chi connectivity index (χ1) is 8.74. The molecule has 18 heavy (non-hydrogen) atoms. The van der Waals surface area contributed by atoms with Crippen molar-refractivity contribution in [3.8, 4) is 11.5 Å². The van der Waals surface area contributed by atoms with Gasteiger partial charge in [-0.15, -0.1) is 22.9 Å². The molecular weight excluding hydrogens is 336 g/mol. The van der Waals surface area contributed by atoms with Gasteiger partial charge in [0, 0.05) is 10.4 Å². The third kappa shape index (κ3) is 3.19. The number of alkyl halides is 1. The molecule has 96 valence electrons. The number of hydrogen-bond donors (Lipinski definition) is 0. The number of halogens is 2. The van der Waals surface area contributed by atoms with Crippen LogP contribution in [0.15, 0.2) is 34.1 Å². The van der Waals surface area contributed by atoms with Gasteiger partial charge in [-0.1, -0.05) is 6.07 Å². The minimum Gasteiger partial charge on any atom is -0.493 e. The average Bonchev–Trinajstić information content (AvgIpc) is 2.81. The van der Waals surface area contributed by atoms with Gasteiger partial charge in [0.25, 0.3) is 0 Å². The molecule has 0 saturated heterocycles. The van der Waals surface area contributed by atoms with E-state index in [-0.39, 0.29) is 0 Å². The molecule has 0 aliphatic carbocycles. The van der Waals surface area contributed by atoms with Crippen LogP contribution in [-0.4, -0.2) is 7.11 Å². The van der Waals surface area contributed by atoms with Crippen LogP contribution in [0.25, 0.3) is 0 Å². The van der Waals surface area contributed by atoms with Gasteiger partial charge in [-0.05, 0) is 45.1 Å². The third-order valence-electron chi connectivity index (χ3n) is 2.43. The molecule has 0 saturated carbocycles. The third-order valence-corrected chi connectivity index (χ3v) is 4.64. The fraction of sp³-hybridized carbons (Fsp3) is 0.231. The van der Waals surface area contributed by atoms with E-state index < -0.39 is 0 Å². The van der Waals surface area contributed by atoms with E-state index in [9.17, 15) is 0 Å². The Morgan fingerprint density at radius 2 is 2.11 bits per heavy atom. The van der Waals surface area contributed by atoms with Gasteiger partial charge in [-0.3, -0.25) is 0 Å². The number of hydrogen-bond acceptors (Lipinski definition) is 3. The Morgan fingerprint density at radius 1 is 1.28 bits per heavy atom. The maximum absolute atomic E-state index is 5.79. The standard InChI is InChI=1S/C13H12BrClO2S/c1-16-12-6-9(7-15)2-3-11(12)17-8-13-10(14)4-5-18-13/h2-6H,7-8H2,1H3. The van der Waals surface area contributed by atoms with Crippen LogP contribution >= 0.6 is 38.9 Å². The SMILES string of the molecule is COc1cc(CCl)ccc1OCc1sccc1Br. The number of rotatable bonds is 5. The molecule has 2 rings (SSSR count). The molecule has 0 radical (unpaired) electrons. The van der Waals surface area contributed by atoms with Crippen LogP contribution in [0.2, 0.25) is 0 Å². The lowest BCUT2D eigenvalue weighted by molar-refractivity contribution is 0.286. The summed E-state index contributed by atoms with van der Waals surface area (Å²) >= 11 is 10.9. The van der Waals surface area contributed by atoms with Crippen LogP contribution < -0.4 is 9.47 Å². The molecule has 1 aromatic heterocycles. The molecule has 0 unspecified atom stereocenters. The summed E-state index contributed by atoms with van der Waals surface area (Å²) in [5.41, 5.74) is 1.01. The van der Waals surface area contributed by atoms with Crippen molar-refractivity contribution in [1.82, 2.24) is 0 Å². The van der Waals surface area contributed by atoms with Gasteiger partial charge < -0.3 is 9.47 Å². The van der Waals surface area contributed by atoms with Gasteiger partial charge in [-0.2, -0.15) is 0 Å². The maximum Gasteiger partial charge on any atom is 0.161 e. The zero-order chi connectivity index (χ0) is 13.0. The Bertz CT molecular complexity index is 527. The number of benzene rings is 1. The van der Waals surface area contributed by atoms with Crippen molar-refractivity contribution in [1.29, 1.82) is 0 Å². The second-order valence-electron chi connectivity index (χ2n) is 3.60. The van der Waals surface area contributed by atoms with Crippen molar-refractivity contribution in [3.05, 3.63) is 44.6 Å². The maximum atomic E-state index is 5.79. The Kier molecular flexibility index (Phi) is 4.92. The fourth-order valence-corrected chi connectivity index (χ4v) is 3.03. The summed E-state index contributed by atoms with van der Waals surface area (Å²) in [5.74, 6) is 1.90. The number of ether oxygens (including phenoxy) is 2. The summed E-state index contributed by atoms with van der Waals surface area (Å²) in [6.45, 7) is 0.523. The highest BCUT2D eigenvalue weighted by molar-refractivity contribution is 9.10. The molecule has 0 atom stereocenters. The van der Waals surface area contributed by atoms with E-state index in [2.05, 4.69) is 15.9 Å². The molecule has 0 spiro atoms. The first-order valence-corrected chi connectivity index (χ1v) is 7.53. The van der Waals surface area contributed by atoms with E-state index in [0.29, 0.717) is 18.2 Å². The van der Waals surface area contributed by atoms with Gasteiger partial charge in [0.05, 0.1) is 12.0 Å². The molecule has 0 aliphatic heterocycles. The van der Waals surface area contributed by atoms with Crippen molar-refractivity contribution in [2.24, 2.45) is 0 Å². The van der Waals surface area contributed by atoms with E-state index in [4.69, 9.17) is 21.1 Å². The molecule has 1 aromatic carbocycles. The molecule has 0 N–H and O–H groups in total. The monoisotopic (exact) mass is 346 g/mol. The minimum atomic E-state index is 0.465. The quantitative estimate of drug-likeness (QED) is 0.721. The molecule has 0 bridgehead atoms. The van der Waals surface area contributed by atoms with E-state index in [1.807, 2.05) is 29.6 Å². The second kappa shape index (κ2) is 6.45. The van der Waals surface area contributed by atoms with Crippen LogP contribution in [0.3, 0.4) is 0 Å². The molecule has 2 aromatic rings. The largest absolute Gasteiger partial charge is 0.493 e. The van der Waals surface area contributed by atoms with Crippen LogP contribution in [0.5, 0.6) is 11.5 Å². The van der Waals surface area contributed by atoms with E-state index in [0.717, 1.165) is 20.7 Å². The van der Waals surface area contributed by atoms with Crippen LogP contribution in [0, 0.1) is 0 Å². The zero-order valence-corrected chi connectivity index (χ0v) is 12.9. The highest BCUT2D eigenvalue weighted by atomic mass is 79.9. The molecular formula is C13H12BrClO2S. The molecule has 1 heterocycles. The van der Waals surface area contributed by atoms with Crippen molar-refractivity contribution in [2.45, 2.75) is 12.5 Å². The van der Waals surface area contributed by atoms with Gasteiger partial charge in [0.1, 0.15) is 6.61 Å². The normalized spacial score (nSPS) is 10.4. The van der Waals surface area contributed by atoms with Gasteiger partial charge in [0.15, 0.2) is 11.5 Å². The average molecular weight is 348 g/mol. The van der Waals surface area contributed by atoms with Crippen molar-refractivity contribution in [2.75, 3.05) is 7.11 Å².